The molecule has 18 heavy (non-hydrogen) atoms. The Hall–Kier alpha value is -2.16. The molecule has 0 bridgehead atoms. The lowest BCUT2D eigenvalue weighted by molar-refractivity contribution is 0.411. The van der Waals surface area contributed by atoms with Gasteiger partial charge in [-0.25, -0.2) is 0 Å². The minimum atomic E-state index is 0.894. The third kappa shape index (κ3) is 2.74. The summed E-state index contributed by atoms with van der Waals surface area (Å²) >= 11 is 0. The number of ether oxygens (including phenoxy) is 1. The van der Waals surface area contributed by atoms with Crippen molar-refractivity contribution in [3.8, 4) is 5.75 Å². The van der Waals surface area contributed by atoms with Crippen molar-refractivity contribution in [1.29, 1.82) is 0 Å². The van der Waals surface area contributed by atoms with Gasteiger partial charge in [0.2, 0.25) is 0 Å². The van der Waals surface area contributed by atoms with Gasteiger partial charge >= 0.3 is 0 Å². The second kappa shape index (κ2) is 5.45. The van der Waals surface area contributed by atoms with Gasteiger partial charge in [0, 0.05) is 12.4 Å². The van der Waals surface area contributed by atoms with Crippen LogP contribution >= 0.6 is 0 Å². The van der Waals surface area contributed by atoms with E-state index in [1.807, 2.05) is 26.0 Å². The van der Waals surface area contributed by atoms with E-state index in [4.69, 9.17) is 4.74 Å². The maximum atomic E-state index is 5.25. The molecule has 2 aromatic rings. The first-order valence-corrected chi connectivity index (χ1v) is 5.80. The van der Waals surface area contributed by atoms with E-state index in [0.717, 1.165) is 28.1 Å². The average molecular weight is 240 g/mol. The van der Waals surface area contributed by atoms with Gasteiger partial charge in [0.1, 0.15) is 5.75 Å². The van der Waals surface area contributed by atoms with Crippen molar-refractivity contribution in [3.05, 3.63) is 53.6 Å². The third-order valence-corrected chi connectivity index (χ3v) is 2.77. The lowest BCUT2D eigenvalue weighted by Gasteiger charge is -2.06. The highest BCUT2D eigenvalue weighted by Gasteiger charge is 2.00. The van der Waals surface area contributed by atoms with Crippen LogP contribution in [0.4, 0.5) is 0 Å². The van der Waals surface area contributed by atoms with Crippen molar-refractivity contribution in [1.82, 2.24) is 9.97 Å². The molecule has 0 spiro atoms. The highest BCUT2D eigenvalue weighted by Crippen LogP contribution is 2.21. The monoisotopic (exact) mass is 240 g/mol. The van der Waals surface area contributed by atoms with E-state index < -0.39 is 0 Å². The molecule has 92 valence electrons. The zero-order valence-corrected chi connectivity index (χ0v) is 10.8. The topological polar surface area (TPSA) is 35.0 Å². The average Bonchev–Trinajstić information content (AvgIpc) is 2.40. The summed E-state index contributed by atoms with van der Waals surface area (Å²) in [5, 5.41) is 0. The van der Waals surface area contributed by atoms with Gasteiger partial charge in [-0.15, -0.1) is 0 Å². The summed E-state index contributed by atoms with van der Waals surface area (Å²) in [5.41, 5.74) is 4.24. The second-order valence-electron chi connectivity index (χ2n) is 4.15. The van der Waals surface area contributed by atoms with E-state index in [1.165, 1.54) is 0 Å². The summed E-state index contributed by atoms with van der Waals surface area (Å²) in [6.07, 6.45) is 7.24. The van der Waals surface area contributed by atoms with Gasteiger partial charge in [0.15, 0.2) is 0 Å². The van der Waals surface area contributed by atoms with Crippen LogP contribution in [-0.4, -0.2) is 17.1 Å². The summed E-state index contributed by atoms with van der Waals surface area (Å²) in [6, 6.07) is 6.11. The summed E-state index contributed by atoms with van der Waals surface area (Å²) in [6.45, 7) is 4.07. The molecular formula is C15H16N2O. The van der Waals surface area contributed by atoms with Crippen LogP contribution in [-0.2, 0) is 0 Å². The molecule has 0 aliphatic carbocycles. The molecule has 0 saturated carbocycles. The van der Waals surface area contributed by atoms with Crippen molar-refractivity contribution in [2.75, 3.05) is 7.11 Å². The van der Waals surface area contributed by atoms with Crippen molar-refractivity contribution in [3.63, 3.8) is 0 Å². The molecule has 0 saturated heterocycles. The first kappa shape index (κ1) is 12.3. The molecule has 0 aliphatic rings. The lowest BCUT2D eigenvalue weighted by Crippen LogP contribution is -1.89. The van der Waals surface area contributed by atoms with E-state index in [-0.39, 0.29) is 0 Å². The Kier molecular flexibility index (Phi) is 3.72. The quantitative estimate of drug-likeness (QED) is 0.825. The van der Waals surface area contributed by atoms with Gasteiger partial charge < -0.3 is 4.74 Å². The fourth-order valence-corrected chi connectivity index (χ4v) is 1.82. The summed E-state index contributed by atoms with van der Waals surface area (Å²) in [7, 11) is 1.68. The molecule has 0 atom stereocenters. The molecule has 1 heterocycles. The molecule has 1 aromatic carbocycles. The third-order valence-electron chi connectivity index (χ3n) is 2.77. The van der Waals surface area contributed by atoms with Crippen LogP contribution < -0.4 is 4.74 Å². The Morgan fingerprint density at radius 2 is 2.11 bits per heavy atom. The molecule has 0 amide bonds. The normalized spacial score (nSPS) is 11.4. The number of benzene rings is 1. The Morgan fingerprint density at radius 1 is 1.28 bits per heavy atom. The van der Waals surface area contributed by atoms with Gasteiger partial charge in [0.25, 0.3) is 0 Å². The van der Waals surface area contributed by atoms with E-state index in [0.29, 0.717) is 0 Å². The second-order valence-corrected chi connectivity index (χ2v) is 4.15. The maximum Gasteiger partial charge on any atom is 0.121 e. The Morgan fingerprint density at radius 3 is 2.72 bits per heavy atom. The number of methoxy groups -OCH3 is 1. The molecule has 0 aliphatic heterocycles. The Balaban J connectivity index is 2.31. The number of allylic oxidation sites excluding steroid dienone is 1. The zero-order valence-electron chi connectivity index (χ0n) is 10.8. The molecular weight excluding hydrogens is 224 g/mol. The van der Waals surface area contributed by atoms with E-state index in [2.05, 4.69) is 22.1 Å². The first-order valence-electron chi connectivity index (χ1n) is 5.80. The van der Waals surface area contributed by atoms with E-state index in [1.54, 1.807) is 25.7 Å². The number of hydrogen-bond donors (Lipinski definition) is 0. The molecule has 0 fully saturated rings. The van der Waals surface area contributed by atoms with E-state index >= 15 is 0 Å². The fourth-order valence-electron chi connectivity index (χ4n) is 1.82. The van der Waals surface area contributed by atoms with Gasteiger partial charge in [-0.3, -0.25) is 9.97 Å². The van der Waals surface area contributed by atoms with Crippen LogP contribution in [0.5, 0.6) is 5.75 Å². The molecule has 0 unspecified atom stereocenters. The Labute approximate surface area is 107 Å². The summed E-state index contributed by atoms with van der Waals surface area (Å²) in [5.74, 6) is 0.907. The van der Waals surface area contributed by atoms with Crippen molar-refractivity contribution < 1.29 is 4.74 Å². The molecule has 2 rings (SSSR count). The highest BCUT2D eigenvalue weighted by molar-refractivity contribution is 5.78. The number of aromatic nitrogens is 2. The molecule has 0 N–H and O–H groups in total. The predicted octanol–water partition coefficient (Wildman–Crippen LogP) is 3.35. The minimum absolute atomic E-state index is 0.894. The van der Waals surface area contributed by atoms with Crippen LogP contribution in [0.15, 0.2) is 36.8 Å². The molecule has 3 heteroatoms. The molecule has 1 aromatic heterocycles. The van der Waals surface area contributed by atoms with Crippen LogP contribution in [0.1, 0.15) is 23.7 Å². The number of aryl methyl sites for hydroxylation is 1. The predicted molar refractivity (Wildman–Crippen MR) is 73.3 cm³/mol. The van der Waals surface area contributed by atoms with Crippen molar-refractivity contribution in [2.24, 2.45) is 0 Å². The smallest absolute Gasteiger partial charge is 0.121 e. The largest absolute Gasteiger partial charge is 0.496 e. The highest BCUT2D eigenvalue weighted by atomic mass is 16.5. The lowest BCUT2D eigenvalue weighted by atomic mass is 10.1. The Bertz CT molecular complexity index is 562. The fraction of sp³-hybridized carbons (Fsp3) is 0.200. The minimum Gasteiger partial charge on any atom is -0.496 e. The van der Waals surface area contributed by atoms with Crippen molar-refractivity contribution >= 4 is 11.6 Å². The zero-order chi connectivity index (χ0) is 13.0. The standard InChI is InChI=1S/C15H16N2O/c1-11(14-10-16-6-7-17-14)8-13-4-5-15(18-3)12(2)9-13/h4-10H,1-3H3/b11-8-. The van der Waals surface area contributed by atoms with Gasteiger partial charge in [-0.05, 0) is 48.8 Å². The summed E-state index contributed by atoms with van der Waals surface area (Å²) < 4.78 is 5.25. The number of hydrogen-bond acceptors (Lipinski definition) is 3. The maximum absolute atomic E-state index is 5.25. The van der Waals surface area contributed by atoms with E-state index in [9.17, 15) is 0 Å². The van der Waals surface area contributed by atoms with Crippen LogP contribution in [0.2, 0.25) is 0 Å². The van der Waals surface area contributed by atoms with Gasteiger partial charge in [-0.1, -0.05) is 6.07 Å². The summed E-state index contributed by atoms with van der Waals surface area (Å²) in [4.78, 5) is 8.34. The number of rotatable bonds is 3. The molecule has 3 nitrogen and oxygen atoms in total. The van der Waals surface area contributed by atoms with Crippen LogP contribution in [0, 0.1) is 6.92 Å². The van der Waals surface area contributed by atoms with Crippen LogP contribution in [0.25, 0.3) is 11.6 Å². The SMILES string of the molecule is COc1ccc(/C=C(/C)c2cnccn2)cc1C. The van der Waals surface area contributed by atoms with Crippen LogP contribution in [0.3, 0.4) is 0 Å². The van der Waals surface area contributed by atoms with Crippen molar-refractivity contribution in [2.45, 2.75) is 13.8 Å². The molecule has 0 radical (unpaired) electrons. The van der Waals surface area contributed by atoms with Gasteiger partial charge in [0.05, 0.1) is 19.0 Å². The number of nitrogens with zero attached hydrogens (tertiary/aromatic N) is 2. The first-order chi connectivity index (χ1) is 8.70. The van der Waals surface area contributed by atoms with Gasteiger partial charge in [-0.2, -0.15) is 0 Å².